The third-order valence-electron chi connectivity index (χ3n) is 19.7. The summed E-state index contributed by atoms with van der Waals surface area (Å²) in [5, 5.41) is 50.3. The van der Waals surface area contributed by atoms with Crippen molar-refractivity contribution in [1.82, 2.24) is 50.6 Å². The lowest BCUT2D eigenvalue weighted by atomic mass is 10.2. The Balaban J connectivity index is 0.000000243. The molecule has 5 fully saturated rings. The van der Waals surface area contributed by atoms with Crippen molar-refractivity contribution in [3.8, 4) is 34.8 Å². The van der Waals surface area contributed by atoms with Gasteiger partial charge in [-0.25, -0.2) is 14.4 Å². The van der Waals surface area contributed by atoms with Crippen LogP contribution in [0.3, 0.4) is 0 Å². The fourth-order valence-electron chi connectivity index (χ4n) is 12.8. The minimum atomic E-state index is -0.570. The number of aromatic nitrogens is 4. The van der Waals surface area contributed by atoms with Gasteiger partial charge in [-0.05, 0) is 146 Å². The molecule has 130 heavy (non-hydrogen) atoms. The van der Waals surface area contributed by atoms with Gasteiger partial charge in [-0.15, -0.1) is 0 Å². The third kappa shape index (κ3) is 39.3. The van der Waals surface area contributed by atoms with Gasteiger partial charge < -0.3 is 90.4 Å². The van der Waals surface area contributed by atoms with Gasteiger partial charge in [0.2, 0.25) is 23.0 Å². The van der Waals surface area contributed by atoms with Crippen molar-refractivity contribution in [2.45, 2.75) is 20.8 Å². The van der Waals surface area contributed by atoms with Crippen LogP contribution in [0.5, 0.6) is 34.8 Å². The highest BCUT2D eigenvalue weighted by molar-refractivity contribution is 9.09. The molecule has 7 aromatic carbocycles. The number of nitrogens with one attached hydrogen (secondary N) is 6. The maximum Gasteiger partial charge on any atom is 0.269 e. The van der Waals surface area contributed by atoms with E-state index in [9.17, 15) is 44.3 Å². The maximum absolute atomic E-state index is 12.1. The summed E-state index contributed by atoms with van der Waals surface area (Å²) in [6, 6.07) is 48.0. The molecule has 5 aliphatic heterocycles. The van der Waals surface area contributed by atoms with Crippen LogP contribution in [0, 0.1) is 36.2 Å². The molecule has 702 valence electrons. The number of anilines is 9. The zero-order chi connectivity index (χ0) is 92.9. The van der Waals surface area contributed by atoms with Gasteiger partial charge in [-0.2, -0.15) is 9.97 Å². The van der Waals surface area contributed by atoms with E-state index in [2.05, 4.69) is 151 Å². The number of piperazine rings is 5. The quantitative estimate of drug-likeness (QED) is 0.00572. The number of methoxy groups -OCH3 is 5. The van der Waals surface area contributed by atoms with Gasteiger partial charge >= 0.3 is 0 Å². The average molecular weight is 1880 g/mol. The van der Waals surface area contributed by atoms with Crippen molar-refractivity contribution in [3.05, 3.63) is 249 Å². The van der Waals surface area contributed by atoms with Gasteiger partial charge in [-0.3, -0.25) is 54.6 Å². The molecule has 8 N–H and O–H groups in total. The molecule has 0 unspecified atom stereocenters. The molecular weight excluding hydrogens is 1760 g/mol. The van der Waals surface area contributed by atoms with Crippen LogP contribution in [0.2, 0.25) is 5.28 Å². The second-order valence-corrected chi connectivity index (χ2v) is 29.8. The number of non-ortho nitro benzene ring substituents is 3. The maximum atomic E-state index is 12.1. The van der Waals surface area contributed by atoms with Crippen LogP contribution >= 0.6 is 27.5 Å². The Hall–Kier alpha value is -12.3. The van der Waals surface area contributed by atoms with Crippen molar-refractivity contribution in [1.29, 1.82) is 0 Å². The van der Waals surface area contributed by atoms with E-state index in [-0.39, 0.29) is 63.2 Å². The monoisotopic (exact) mass is 1880 g/mol. The van der Waals surface area contributed by atoms with Crippen LogP contribution in [-0.2, 0) is 23.8 Å². The van der Waals surface area contributed by atoms with E-state index in [0.29, 0.717) is 40.3 Å². The van der Waals surface area contributed by atoms with E-state index in [1.807, 2.05) is 48.5 Å². The first kappa shape index (κ1) is 106. The lowest BCUT2D eigenvalue weighted by molar-refractivity contribution is -0.385. The fraction of sp³-hybridized carbons (Fsp3) is 0.385. The lowest BCUT2D eigenvalue weighted by Crippen LogP contribution is -2.47. The molecule has 2 aromatic heterocycles. The average Bonchev–Trinajstić information content (AvgIpc) is 0.794. The smallest absolute Gasteiger partial charge is 0.269 e. The molecule has 0 saturated carbocycles. The molecule has 0 bridgehead atoms. The Morgan fingerprint density at radius 2 is 0.854 bits per heavy atom. The fourth-order valence-corrected chi connectivity index (χ4v) is 13.3. The van der Waals surface area contributed by atoms with E-state index in [1.54, 1.807) is 100 Å². The number of rotatable bonds is 29. The number of halogens is 3. The van der Waals surface area contributed by atoms with Gasteiger partial charge in [0.05, 0.1) is 61.2 Å². The number of benzene rings is 7. The highest BCUT2D eigenvalue weighted by Crippen LogP contribution is 2.34. The minimum Gasteiger partial charge on any atom is -0.490 e. The highest BCUT2D eigenvalue weighted by atomic mass is 79.9. The van der Waals surface area contributed by atoms with Crippen molar-refractivity contribution < 1.29 is 61.9 Å². The van der Waals surface area contributed by atoms with E-state index >= 15 is 0 Å². The van der Waals surface area contributed by atoms with Crippen LogP contribution in [-0.4, -0.2) is 272 Å². The highest BCUT2D eigenvalue weighted by Gasteiger charge is 2.22. The summed E-state index contributed by atoms with van der Waals surface area (Å²) >= 11 is 8.92. The van der Waals surface area contributed by atoms with E-state index in [0.717, 1.165) is 216 Å². The largest absolute Gasteiger partial charge is 0.490 e. The number of amides is 2. The summed E-state index contributed by atoms with van der Waals surface area (Å²) in [6.45, 7) is 35.6. The zero-order valence-corrected chi connectivity index (χ0v) is 76.1. The van der Waals surface area contributed by atoms with Gasteiger partial charge in [0, 0.05) is 265 Å². The molecule has 0 radical (unpaired) electrons. The Morgan fingerprint density at radius 3 is 1.22 bits per heavy atom. The van der Waals surface area contributed by atoms with Gasteiger partial charge in [-0.1, -0.05) is 55.6 Å². The molecule has 5 saturated heterocycles. The number of nitrogens with zero attached hydrogens (tertiary/aromatic N) is 14. The van der Waals surface area contributed by atoms with Crippen molar-refractivity contribution in [2.75, 3.05) is 253 Å². The number of hydrogen-bond acceptors (Lipinski definition) is 31. The molecule has 0 aliphatic carbocycles. The summed E-state index contributed by atoms with van der Waals surface area (Å²) in [6.07, 6.45) is 6.55. The standard InChI is InChI=1S/C27H32N6O3.C14H12ClN3O3.C13H19N3O3.C13H21N3O.C10H13N3O2.C6H4FNO2.C4H10N2.C3H7BrO.CH4/c1-4-13-32-14-16-33(17-15-32)22-11-9-20(10-12-22)30-27-28-19-24(35-3)26(31-27)36-23-8-6-7-21(18-23)29-25(34)5-2;1-3-12(19)17-9-5-4-6-10(7-9)21-13-11(20-2)8-16-14(15)18-13;1-19-11-10-14-6-8-15(9-7-14)12-2-4-13(5-3-12)16(17)18;1-17-11-10-15-6-8-16(9-7-15)13-4-2-12(14)3-5-13;14-13(15)10-3-1-9(2-4-10)12-7-5-11-6-8-12;7-5-1-3-6(4-2-5)8(9)10;1-2-6-4-3-5-1;1-5-3-2-4;/h5-12,18-19H,2,4,13-17H2,1,3H3,(H,29,34)(H,28,30,31);3-8H,1H2,2H3,(H,17,19);2-5H,6-11H2,1H3;2-5H,6-11,14H2,1H3;1-4,11H,5-8H2;1-4H;5-6H,1-4H2;2-3H2,1H3;1H4. The summed E-state index contributed by atoms with van der Waals surface area (Å²) in [4.78, 5) is 85.8. The molecule has 7 heterocycles. The van der Waals surface area contributed by atoms with E-state index < -0.39 is 10.7 Å². The summed E-state index contributed by atoms with van der Waals surface area (Å²) in [5.41, 5.74) is 13.3. The predicted octanol–water partition coefficient (Wildman–Crippen LogP) is 13.7. The number of carbonyl (C=O) groups excluding carboxylic acids is 2. The SMILES string of the molecule is C.C1CNCCN1.C=CC(=O)Nc1cccc(Oc2nc(Cl)ncc2OC)c1.C=CC(=O)Nc1cccc(Oc2nc(Nc3ccc(N4CCN(CCC)CC4)cc3)ncc2OC)c1.COCCBr.COCCN1CCN(c2ccc(N)cc2)CC1.COCCN1CCN(c2ccc([N+](=O)[O-])cc2)CC1.O=[N+]([O-])c1ccc(F)cc1.O=[N+]([O-])c1ccc(N2CCNCC2)cc1. The third-order valence-corrected chi connectivity index (χ3v) is 20.2. The van der Waals surface area contributed by atoms with Gasteiger partial charge in [0.25, 0.3) is 28.8 Å². The van der Waals surface area contributed by atoms with Crippen molar-refractivity contribution in [2.24, 2.45) is 0 Å². The van der Waals surface area contributed by atoms with Crippen molar-refractivity contribution in [3.63, 3.8) is 0 Å². The molecule has 39 heteroatoms. The van der Waals surface area contributed by atoms with E-state index in [1.165, 1.54) is 56.9 Å². The second-order valence-electron chi connectivity index (χ2n) is 28.7. The summed E-state index contributed by atoms with van der Waals surface area (Å²) in [7, 11) is 8.15. The van der Waals surface area contributed by atoms with Gasteiger partial charge in [0.1, 0.15) is 17.3 Å². The molecule has 5 aliphatic rings. The minimum absolute atomic E-state index is 0. The Bertz CT molecular complexity index is 4800. The number of ether oxygens (including phenoxy) is 7. The van der Waals surface area contributed by atoms with Crippen LogP contribution < -0.4 is 76.2 Å². The van der Waals surface area contributed by atoms with Crippen LogP contribution in [0.15, 0.2) is 208 Å². The van der Waals surface area contributed by atoms with E-state index in [4.69, 9.17) is 45.8 Å². The molecular formula is C91H122BrClFN21O15. The summed E-state index contributed by atoms with van der Waals surface area (Å²) < 4.78 is 49.0. The number of nitro benzene ring substituents is 3. The number of nitro groups is 3. The molecule has 9 aromatic rings. The number of alkyl halides is 1. The number of nitrogens with two attached hydrogens (primary N) is 1. The first-order valence-electron chi connectivity index (χ1n) is 41.9. The molecule has 0 atom stereocenters. The summed E-state index contributed by atoms with van der Waals surface area (Å²) in [5.74, 6) is 1.42. The Morgan fingerprint density at radius 1 is 0.492 bits per heavy atom. The van der Waals surface area contributed by atoms with Crippen LogP contribution in [0.4, 0.5) is 72.9 Å². The Kier molecular flexibility index (Phi) is 49.5. The first-order chi connectivity index (χ1) is 62.6. The Labute approximate surface area is 773 Å². The van der Waals surface area contributed by atoms with Crippen molar-refractivity contribution >= 4 is 108 Å². The lowest BCUT2D eigenvalue weighted by Gasteiger charge is -2.36. The second kappa shape index (κ2) is 60.5. The van der Waals surface area contributed by atoms with Crippen LogP contribution in [0.25, 0.3) is 0 Å². The molecule has 36 nitrogen and oxygen atoms in total. The van der Waals surface area contributed by atoms with Crippen LogP contribution in [0.1, 0.15) is 20.8 Å². The molecule has 2 amide bonds. The number of hydrogen-bond donors (Lipinski definition) is 7. The molecule has 0 spiro atoms. The zero-order valence-electron chi connectivity index (χ0n) is 73.8. The topological polar surface area (TPSA) is 401 Å². The predicted molar refractivity (Wildman–Crippen MR) is 516 cm³/mol. The normalized spacial score (nSPS) is 14.1. The number of nitrogen functional groups attached to an aromatic ring is 1. The molecule has 14 rings (SSSR count). The van der Waals surface area contributed by atoms with Gasteiger partial charge in [0.15, 0.2) is 11.5 Å². The first-order valence-corrected chi connectivity index (χ1v) is 43.4. The number of carbonyl (C=O) groups is 2.